The summed E-state index contributed by atoms with van der Waals surface area (Å²) in [5.74, 6) is -0.144. The molecular formula is C14H17FN2O. The number of rotatable bonds is 3. The van der Waals surface area contributed by atoms with E-state index in [9.17, 15) is 4.39 Å². The van der Waals surface area contributed by atoms with Crippen LogP contribution in [-0.4, -0.2) is 19.1 Å². The van der Waals surface area contributed by atoms with Crippen molar-refractivity contribution in [3.63, 3.8) is 0 Å². The van der Waals surface area contributed by atoms with Gasteiger partial charge in [-0.2, -0.15) is 0 Å². The quantitative estimate of drug-likeness (QED) is 0.905. The summed E-state index contributed by atoms with van der Waals surface area (Å²) in [4.78, 5) is 4.50. The summed E-state index contributed by atoms with van der Waals surface area (Å²) in [7, 11) is 3.32. The van der Waals surface area contributed by atoms with Crippen molar-refractivity contribution in [1.82, 2.24) is 4.98 Å². The highest BCUT2D eigenvalue weighted by molar-refractivity contribution is 5.94. The molecule has 0 aliphatic heterocycles. The highest BCUT2D eigenvalue weighted by Crippen LogP contribution is 2.32. The standard InChI is InChI=1S/C14H17FN2O/c1-5-11-8(2)14(16-3)9-6-13(18-4)10(15)7-12(9)17-11/h6-7H,5H2,1-4H3,(H,16,17). The molecule has 1 aromatic heterocycles. The van der Waals surface area contributed by atoms with Gasteiger partial charge >= 0.3 is 0 Å². The maximum atomic E-state index is 13.7. The van der Waals surface area contributed by atoms with Crippen LogP contribution in [0.3, 0.4) is 0 Å². The molecule has 0 saturated carbocycles. The van der Waals surface area contributed by atoms with Crippen LogP contribution in [-0.2, 0) is 6.42 Å². The SMILES string of the molecule is CCc1nc2cc(F)c(OC)cc2c(NC)c1C. The lowest BCUT2D eigenvalue weighted by Crippen LogP contribution is -2.01. The summed E-state index contributed by atoms with van der Waals surface area (Å²) in [5, 5.41) is 4.05. The number of aromatic nitrogens is 1. The van der Waals surface area contributed by atoms with E-state index >= 15 is 0 Å². The minimum atomic E-state index is -0.384. The zero-order valence-corrected chi connectivity index (χ0v) is 11.1. The molecule has 0 saturated heterocycles. The monoisotopic (exact) mass is 248 g/mol. The van der Waals surface area contributed by atoms with Gasteiger partial charge in [-0.1, -0.05) is 6.92 Å². The number of aryl methyl sites for hydroxylation is 1. The molecule has 2 aromatic rings. The van der Waals surface area contributed by atoms with Gasteiger partial charge in [-0.05, 0) is 25.0 Å². The molecule has 2 rings (SSSR count). The van der Waals surface area contributed by atoms with Crippen LogP contribution >= 0.6 is 0 Å². The number of halogens is 1. The molecule has 0 amide bonds. The third kappa shape index (κ3) is 1.88. The molecule has 0 aliphatic carbocycles. The van der Waals surface area contributed by atoms with Gasteiger partial charge < -0.3 is 10.1 Å². The van der Waals surface area contributed by atoms with E-state index in [1.165, 1.54) is 13.2 Å². The van der Waals surface area contributed by atoms with E-state index in [1.807, 2.05) is 20.9 Å². The lowest BCUT2D eigenvalue weighted by molar-refractivity contribution is 0.387. The minimum absolute atomic E-state index is 0.240. The summed E-state index contributed by atoms with van der Waals surface area (Å²) < 4.78 is 18.7. The van der Waals surface area contributed by atoms with E-state index in [1.54, 1.807) is 6.07 Å². The Balaban J connectivity index is 2.84. The Morgan fingerprint density at radius 1 is 1.39 bits per heavy atom. The van der Waals surface area contributed by atoms with Crippen LogP contribution in [0.1, 0.15) is 18.2 Å². The molecule has 1 heterocycles. The molecule has 0 fully saturated rings. The first kappa shape index (κ1) is 12.6. The molecule has 0 aliphatic rings. The van der Waals surface area contributed by atoms with E-state index in [-0.39, 0.29) is 11.6 Å². The van der Waals surface area contributed by atoms with Crippen molar-refractivity contribution in [3.8, 4) is 5.75 Å². The van der Waals surface area contributed by atoms with Crippen molar-refractivity contribution >= 4 is 16.6 Å². The van der Waals surface area contributed by atoms with Gasteiger partial charge in [-0.3, -0.25) is 4.98 Å². The summed E-state index contributed by atoms with van der Waals surface area (Å²) in [6.45, 7) is 4.06. The number of pyridine rings is 1. The average Bonchev–Trinajstić information content (AvgIpc) is 2.37. The predicted molar refractivity (Wildman–Crippen MR) is 71.9 cm³/mol. The molecule has 0 atom stereocenters. The molecule has 3 nitrogen and oxygen atoms in total. The van der Waals surface area contributed by atoms with E-state index in [4.69, 9.17) is 4.74 Å². The first-order valence-corrected chi connectivity index (χ1v) is 5.96. The third-order valence-corrected chi connectivity index (χ3v) is 3.19. The molecule has 1 aromatic carbocycles. The number of nitrogens with zero attached hydrogens (tertiary/aromatic N) is 1. The van der Waals surface area contributed by atoms with Gasteiger partial charge in [-0.15, -0.1) is 0 Å². The Morgan fingerprint density at radius 2 is 2.11 bits per heavy atom. The van der Waals surface area contributed by atoms with E-state index < -0.39 is 0 Å². The van der Waals surface area contributed by atoms with E-state index in [2.05, 4.69) is 10.3 Å². The zero-order chi connectivity index (χ0) is 13.3. The Hall–Kier alpha value is -1.84. The smallest absolute Gasteiger partial charge is 0.167 e. The fourth-order valence-electron chi connectivity index (χ4n) is 2.23. The van der Waals surface area contributed by atoms with Crippen molar-refractivity contribution in [2.75, 3.05) is 19.5 Å². The number of nitrogens with one attached hydrogen (secondary N) is 1. The molecule has 96 valence electrons. The Labute approximate surface area is 106 Å². The van der Waals surface area contributed by atoms with Crippen molar-refractivity contribution in [2.45, 2.75) is 20.3 Å². The van der Waals surface area contributed by atoms with Crippen molar-refractivity contribution in [1.29, 1.82) is 0 Å². The number of hydrogen-bond acceptors (Lipinski definition) is 3. The molecule has 0 radical (unpaired) electrons. The lowest BCUT2D eigenvalue weighted by Gasteiger charge is -2.14. The van der Waals surface area contributed by atoms with Gasteiger partial charge in [0.05, 0.1) is 12.6 Å². The van der Waals surface area contributed by atoms with Gasteiger partial charge in [0.25, 0.3) is 0 Å². The molecule has 0 bridgehead atoms. The highest BCUT2D eigenvalue weighted by Gasteiger charge is 2.13. The second-order valence-electron chi connectivity index (χ2n) is 4.17. The third-order valence-electron chi connectivity index (χ3n) is 3.19. The topological polar surface area (TPSA) is 34.1 Å². The second-order valence-corrected chi connectivity index (χ2v) is 4.17. The van der Waals surface area contributed by atoms with Gasteiger partial charge in [0.2, 0.25) is 0 Å². The maximum absolute atomic E-state index is 13.7. The molecular weight excluding hydrogens is 231 g/mol. The van der Waals surface area contributed by atoms with Crippen LogP contribution in [0.15, 0.2) is 12.1 Å². The maximum Gasteiger partial charge on any atom is 0.167 e. The van der Waals surface area contributed by atoms with Crippen molar-refractivity contribution in [2.24, 2.45) is 0 Å². The molecule has 4 heteroatoms. The van der Waals surface area contributed by atoms with Crippen LogP contribution < -0.4 is 10.1 Å². The fraction of sp³-hybridized carbons (Fsp3) is 0.357. The van der Waals surface area contributed by atoms with Crippen LogP contribution in [0.25, 0.3) is 10.9 Å². The number of ether oxygens (including phenoxy) is 1. The highest BCUT2D eigenvalue weighted by atomic mass is 19.1. The summed E-state index contributed by atoms with van der Waals surface area (Å²) >= 11 is 0. The Bertz CT molecular complexity index is 596. The fourth-order valence-corrected chi connectivity index (χ4v) is 2.23. The molecule has 1 N–H and O–H groups in total. The summed E-state index contributed by atoms with van der Waals surface area (Å²) in [6, 6.07) is 3.11. The minimum Gasteiger partial charge on any atom is -0.494 e. The Morgan fingerprint density at radius 3 is 2.67 bits per heavy atom. The summed E-state index contributed by atoms with van der Waals surface area (Å²) in [6.07, 6.45) is 0.824. The number of hydrogen-bond donors (Lipinski definition) is 1. The van der Waals surface area contributed by atoms with Crippen LogP contribution in [0, 0.1) is 12.7 Å². The first-order valence-electron chi connectivity index (χ1n) is 5.96. The first-order chi connectivity index (χ1) is 8.62. The average molecular weight is 248 g/mol. The molecule has 0 unspecified atom stereocenters. The Kier molecular flexibility index (Phi) is 3.36. The normalized spacial score (nSPS) is 10.7. The zero-order valence-electron chi connectivity index (χ0n) is 11.1. The molecule has 0 spiro atoms. The number of anilines is 1. The van der Waals surface area contributed by atoms with Crippen LogP contribution in [0.4, 0.5) is 10.1 Å². The van der Waals surface area contributed by atoms with Crippen LogP contribution in [0.2, 0.25) is 0 Å². The largest absolute Gasteiger partial charge is 0.494 e. The summed E-state index contributed by atoms with van der Waals surface area (Å²) in [5.41, 5.74) is 3.72. The van der Waals surface area contributed by atoms with E-state index in [0.717, 1.165) is 28.8 Å². The van der Waals surface area contributed by atoms with Gasteiger partial charge in [-0.25, -0.2) is 4.39 Å². The second kappa shape index (κ2) is 4.80. The van der Waals surface area contributed by atoms with Gasteiger partial charge in [0.1, 0.15) is 0 Å². The van der Waals surface area contributed by atoms with Gasteiger partial charge in [0.15, 0.2) is 11.6 Å². The van der Waals surface area contributed by atoms with Crippen molar-refractivity contribution in [3.05, 3.63) is 29.2 Å². The van der Waals surface area contributed by atoms with Crippen molar-refractivity contribution < 1.29 is 9.13 Å². The van der Waals surface area contributed by atoms with Gasteiger partial charge in [0, 0.05) is 29.9 Å². The molecule has 18 heavy (non-hydrogen) atoms. The van der Waals surface area contributed by atoms with Crippen LogP contribution in [0.5, 0.6) is 5.75 Å². The number of methoxy groups -OCH3 is 1. The number of benzene rings is 1. The lowest BCUT2D eigenvalue weighted by atomic mass is 10.0. The predicted octanol–water partition coefficient (Wildman–Crippen LogP) is 3.30. The van der Waals surface area contributed by atoms with E-state index in [0.29, 0.717) is 5.52 Å². The number of fused-ring (bicyclic) bond motifs is 1.